The highest BCUT2D eigenvalue weighted by atomic mass is 35.5. The average Bonchev–Trinajstić information content (AvgIpc) is 2.46. The number of amides is 2. The van der Waals surface area contributed by atoms with Gasteiger partial charge in [0.2, 0.25) is 0 Å². The first-order valence-corrected chi connectivity index (χ1v) is 7.58. The van der Waals surface area contributed by atoms with Gasteiger partial charge in [0.05, 0.1) is 22.7 Å². The van der Waals surface area contributed by atoms with Crippen molar-refractivity contribution in [3.8, 4) is 0 Å². The monoisotopic (exact) mass is 342 g/mol. The number of halogens is 2. The summed E-state index contributed by atoms with van der Waals surface area (Å²) in [7, 11) is 0. The Morgan fingerprint density at radius 3 is 2.82 bits per heavy atom. The topological polar surface area (TPSA) is 67.4 Å². The van der Waals surface area contributed by atoms with E-state index in [2.05, 4.69) is 17.2 Å². The summed E-state index contributed by atoms with van der Waals surface area (Å²) in [5.74, 6) is -1.25. The van der Waals surface area contributed by atoms with Crippen LogP contribution in [0.1, 0.15) is 24.9 Å². The van der Waals surface area contributed by atoms with Crippen LogP contribution >= 0.6 is 23.2 Å². The van der Waals surface area contributed by atoms with Crippen molar-refractivity contribution < 1.29 is 14.3 Å². The molecule has 1 aromatic rings. The molecule has 1 aromatic carbocycles. The largest absolute Gasteiger partial charge is 0.465 e. The minimum absolute atomic E-state index is 0.269. The van der Waals surface area contributed by atoms with Crippen LogP contribution in [0.5, 0.6) is 0 Å². The van der Waals surface area contributed by atoms with Crippen LogP contribution in [-0.4, -0.2) is 18.6 Å². The summed E-state index contributed by atoms with van der Waals surface area (Å²) in [6, 6.07) is 3.91. The Hall–Kier alpha value is -1.72. The fraction of sp³-hybridized carbons (Fsp3) is 0.333. The van der Waals surface area contributed by atoms with Gasteiger partial charge in [-0.2, -0.15) is 0 Å². The number of hydrogen-bond acceptors (Lipinski definition) is 3. The minimum atomic E-state index is -0.778. The number of urea groups is 1. The Bertz CT molecular complexity index is 619. The Kier molecular flexibility index (Phi) is 5.32. The Morgan fingerprint density at radius 2 is 2.14 bits per heavy atom. The van der Waals surface area contributed by atoms with Gasteiger partial charge in [-0.15, -0.1) is 0 Å². The predicted octanol–water partition coefficient (Wildman–Crippen LogP) is 3.43. The fourth-order valence-corrected chi connectivity index (χ4v) is 2.70. The molecule has 1 saturated heterocycles. The van der Waals surface area contributed by atoms with Crippen molar-refractivity contribution in [3.05, 3.63) is 46.1 Å². The maximum Gasteiger partial charge on any atom is 0.319 e. The molecule has 2 N–H and O–H groups in total. The van der Waals surface area contributed by atoms with Gasteiger partial charge in [-0.3, -0.25) is 4.79 Å². The maximum absolute atomic E-state index is 12.3. The molecule has 0 aliphatic carbocycles. The van der Waals surface area contributed by atoms with Crippen LogP contribution in [-0.2, 0) is 9.53 Å². The maximum atomic E-state index is 12.3. The highest BCUT2D eigenvalue weighted by molar-refractivity contribution is 6.42. The van der Waals surface area contributed by atoms with Crippen LogP contribution in [0.3, 0.4) is 0 Å². The van der Waals surface area contributed by atoms with Crippen LogP contribution in [0.2, 0.25) is 10.0 Å². The summed E-state index contributed by atoms with van der Waals surface area (Å²) in [6.45, 7) is 5.95. The van der Waals surface area contributed by atoms with Crippen molar-refractivity contribution in [3.63, 3.8) is 0 Å². The highest BCUT2D eigenvalue weighted by Crippen LogP contribution is 2.37. The van der Waals surface area contributed by atoms with E-state index in [-0.39, 0.29) is 10.7 Å². The third-order valence-corrected chi connectivity index (χ3v) is 4.12. The third kappa shape index (κ3) is 3.36. The summed E-state index contributed by atoms with van der Waals surface area (Å²) in [6.07, 6.45) is 0.702. The van der Waals surface area contributed by atoms with Gasteiger partial charge in [0, 0.05) is 5.70 Å². The summed E-state index contributed by atoms with van der Waals surface area (Å²) in [5, 5.41) is 5.82. The minimum Gasteiger partial charge on any atom is -0.465 e. The van der Waals surface area contributed by atoms with Crippen molar-refractivity contribution in [2.75, 3.05) is 6.61 Å². The number of rotatable bonds is 4. The number of benzene rings is 1. The van der Waals surface area contributed by atoms with Gasteiger partial charge in [-0.05, 0) is 18.1 Å². The zero-order valence-electron chi connectivity index (χ0n) is 12.0. The molecule has 0 spiro atoms. The number of carbonyl (C=O) groups excluding carboxylic acids is 2. The van der Waals surface area contributed by atoms with E-state index in [0.717, 1.165) is 0 Å². The van der Waals surface area contributed by atoms with Crippen molar-refractivity contribution in [2.45, 2.75) is 19.4 Å². The quantitative estimate of drug-likeness (QED) is 0.823. The van der Waals surface area contributed by atoms with Crippen molar-refractivity contribution in [2.24, 2.45) is 5.92 Å². The van der Waals surface area contributed by atoms with E-state index in [1.165, 1.54) is 0 Å². The second-order valence-corrected chi connectivity index (χ2v) is 5.67. The number of nitrogens with one attached hydrogen (secondary N) is 2. The Balaban J connectivity index is 2.38. The lowest BCUT2D eigenvalue weighted by Gasteiger charge is -2.33. The van der Waals surface area contributed by atoms with E-state index in [0.29, 0.717) is 23.6 Å². The van der Waals surface area contributed by atoms with E-state index in [1.807, 2.05) is 6.92 Å². The highest BCUT2D eigenvalue weighted by Gasteiger charge is 2.39. The van der Waals surface area contributed by atoms with Crippen LogP contribution < -0.4 is 10.6 Å². The van der Waals surface area contributed by atoms with Gasteiger partial charge in [-0.25, -0.2) is 4.79 Å². The fourth-order valence-electron chi connectivity index (χ4n) is 2.27. The lowest BCUT2D eigenvalue weighted by atomic mass is 9.89. The average molecular weight is 343 g/mol. The number of esters is 1. The first-order chi connectivity index (χ1) is 10.5. The summed E-state index contributed by atoms with van der Waals surface area (Å²) in [4.78, 5) is 24.0. The van der Waals surface area contributed by atoms with Crippen molar-refractivity contribution >= 4 is 35.2 Å². The molecular weight excluding hydrogens is 327 g/mol. The number of hydrogen-bond donors (Lipinski definition) is 2. The van der Waals surface area contributed by atoms with Crippen LogP contribution in [0.4, 0.5) is 4.79 Å². The van der Waals surface area contributed by atoms with Gasteiger partial charge >= 0.3 is 12.0 Å². The zero-order valence-corrected chi connectivity index (χ0v) is 13.5. The van der Waals surface area contributed by atoms with E-state index in [4.69, 9.17) is 27.9 Å². The standard InChI is InChI=1S/C15H16Cl2N2O3/c1-3-7-22-14(20)11-8(2)18-15(21)19-13(11)9-5-4-6-10(16)12(9)17/h4-6,11,13H,2-3,7H2,1H3,(H2,18,19,21)/t11-,13+/m0/s1. The van der Waals surface area contributed by atoms with E-state index in [9.17, 15) is 9.59 Å². The van der Waals surface area contributed by atoms with Gasteiger partial charge < -0.3 is 15.4 Å². The molecule has 0 bridgehead atoms. The second kappa shape index (κ2) is 7.03. The molecule has 1 aliphatic heterocycles. The summed E-state index contributed by atoms with van der Waals surface area (Å²) in [5.41, 5.74) is 0.814. The number of ether oxygens (including phenoxy) is 1. The van der Waals surface area contributed by atoms with Crippen LogP contribution in [0.15, 0.2) is 30.5 Å². The molecule has 0 radical (unpaired) electrons. The van der Waals surface area contributed by atoms with Crippen molar-refractivity contribution in [1.82, 2.24) is 10.6 Å². The molecule has 5 nitrogen and oxygen atoms in total. The van der Waals surface area contributed by atoms with Gasteiger partial charge in [0.1, 0.15) is 5.92 Å². The van der Waals surface area contributed by atoms with Crippen LogP contribution in [0, 0.1) is 5.92 Å². The molecule has 118 valence electrons. The first kappa shape index (κ1) is 16.6. The van der Waals surface area contributed by atoms with Gasteiger partial charge in [0.15, 0.2) is 0 Å². The predicted molar refractivity (Wildman–Crippen MR) is 84.8 cm³/mol. The summed E-state index contributed by atoms with van der Waals surface area (Å²) >= 11 is 12.2. The number of carbonyl (C=O) groups is 2. The summed E-state index contributed by atoms with van der Waals surface area (Å²) < 4.78 is 5.19. The molecule has 2 amide bonds. The molecule has 1 heterocycles. The molecule has 0 aromatic heterocycles. The molecule has 0 saturated carbocycles. The Labute approximate surface area is 138 Å². The SMILES string of the molecule is C=C1NC(=O)N[C@H](c2cccc(Cl)c2Cl)[C@H]1C(=O)OCCC. The molecule has 2 atom stereocenters. The first-order valence-electron chi connectivity index (χ1n) is 6.82. The zero-order chi connectivity index (χ0) is 16.3. The van der Waals surface area contributed by atoms with E-state index >= 15 is 0 Å². The molecule has 22 heavy (non-hydrogen) atoms. The van der Waals surface area contributed by atoms with E-state index in [1.54, 1.807) is 18.2 Å². The molecule has 1 aliphatic rings. The Morgan fingerprint density at radius 1 is 1.41 bits per heavy atom. The molecule has 0 unspecified atom stereocenters. The van der Waals surface area contributed by atoms with Gasteiger partial charge in [-0.1, -0.05) is 48.8 Å². The third-order valence-electron chi connectivity index (χ3n) is 3.29. The lowest BCUT2D eigenvalue weighted by Crippen LogP contribution is -2.51. The smallest absolute Gasteiger partial charge is 0.319 e. The van der Waals surface area contributed by atoms with Crippen LogP contribution in [0.25, 0.3) is 0 Å². The molecular formula is C15H16Cl2N2O3. The molecule has 2 rings (SSSR count). The van der Waals surface area contributed by atoms with Gasteiger partial charge in [0.25, 0.3) is 0 Å². The van der Waals surface area contributed by atoms with Crippen molar-refractivity contribution in [1.29, 1.82) is 0 Å². The molecule has 1 fully saturated rings. The van der Waals surface area contributed by atoms with E-state index < -0.39 is 24.0 Å². The molecule has 7 heteroatoms. The normalized spacial score (nSPS) is 21.0. The second-order valence-electron chi connectivity index (χ2n) is 4.89. The lowest BCUT2D eigenvalue weighted by molar-refractivity contribution is -0.148.